The Morgan fingerprint density at radius 3 is 2.58 bits per heavy atom. The standard InChI is InChI=1S/C17H21ClN4O2/c1-5-22(6-2)17-19-11(3)9-14(21-17)16(23)20-13-10-12(18)7-8-15(13)24-4/h7-10H,5-6H2,1-4H3,(H,20,23). The highest BCUT2D eigenvalue weighted by Crippen LogP contribution is 2.28. The second-order valence-electron chi connectivity index (χ2n) is 5.17. The van der Waals surface area contributed by atoms with Gasteiger partial charge in [0.1, 0.15) is 11.4 Å². The smallest absolute Gasteiger partial charge is 0.274 e. The Morgan fingerprint density at radius 1 is 1.25 bits per heavy atom. The van der Waals surface area contributed by atoms with Crippen molar-refractivity contribution >= 4 is 29.1 Å². The van der Waals surface area contributed by atoms with Crippen molar-refractivity contribution in [2.45, 2.75) is 20.8 Å². The lowest BCUT2D eigenvalue weighted by Gasteiger charge is -2.19. The van der Waals surface area contributed by atoms with Crippen LogP contribution in [-0.2, 0) is 0 Å². The number of amides is 1. The zero-order valence-corrected chi connectivity index (χ0v) is 15.0. The number of carbonyl (C=O) groups excluding carboxylic acids is 1. The minimum Gasteiger partial charge on any atom is -0.495 e. The normalized spacial score (nSPS) is 10.4. The number of nitrogens with one attached hydrogen (secondary N) is 1. The predicted octanol–water partition coefficient (Wildman–Crippen LogP) is 3.55. The molecule has 6 nitrogen and oxygen atoms in total. The Kier molecular flexibility index (Phi) is 5.98. The number of halogens is 1. The summed E-state index contributed by atoms with van der Waals surface area (Å²) in [5.74, 6) is 0.736. The van der Waals surface area contributed by atoms with Crippen LogP contribution in [0.4, 0.5) is 11.6 Å². The molecule has 0 radical (unpaired) electrons. The molecule has 0 spiro atoms. The lowest BCUT2D eigenvalue weighted by molar-refractivity contribution is 0.102. The molecule has 2 aromatic rings. The summed E-state index contributed by atoms with van der Waals surface area (Å²) in [7, 11) is 1.53. The van der Waals surface area contributed by atoms with E-state index in [0.717, 1.165) is 18.8 Å². The summed E-state index contributed by atoms with van der Waals surface area (Å²) < 4.78 is 5.24. The molecule has 1 amide bonds. The number of hydrogen-bond donors (Lipinski definition) is 1. The lowest BCUT2D eigenvalue weighted by atomic mass is 10.2. The fourth-order valence-electron chi connectivity index (χ4n) is 2.28. The van der Waals surface area contributed by atoms with Crippen molar-refractivity contribution in [1.82, 2.24) is 9.97 Å². The number of methoxy groups -OCH3 is 1. The maximum atomic E-state index is 12.6. The summed E-state index contributed by atoms with van der Waals surface area (Å²) in [4.78, 5) is 23.3. The first-order chi connectivity index (χ1) is 11.5. The number of hydrogen-bond acceptors (Lipinski definition) is 5. The molecule has 0 aliphatic rings. The summed E-state index contributed by atoms with van der Waals surface area (Å²) in [6, 6.07) is 6.69. The summed E-state index contributed by atoms with van der Waals surface area (Å²) in [6.07, 6.45) is 0. The number of ether oxygens (including phenoxy) is 1. The molecule has 0 unspecified atom stereocenters. The Morgan fingerprint density at radius 2 is 1.96 bits per heavy atom. The predicted molar refractivity (Wildman–Crippen MR) is 96.3 cm³/mol. The quantitative estimate of drug-likeness (QED) is 0.864. The molecule has 7 heteroatoms. The molecule has 2 rings (SSSR count). The SMILES string of the molecule is CCN(CC)c1nc(C)cc(C(=O)Nc2cc(Cl)ccc2OC)n1. The first-order valence-electron chi connectivity index (χ1n) is 7.74. The van der Waals surface area contributed by atoms with Crippen LogP contribution in [0.1, 0.15) is 30.0 Å². The van der Waals surface area contributed by atoms with Crippen LogP contribution in [0, 0.1) is 6.92 Å². The van der Waals surface area contributed by atoms with E-state index in [1.54, 1.807) is 24.3 Å². The van der Waals surface area contributed by atoms with Crippen LogP contribution in [-0.4, -0.2) is 36.1 Å². The van der Waals surface area contributed by atoms with E-state index in [0.29, 0.717) is 28.1 Å². The Labute approximate surface area is 146 Å². The minimum atomic E-state index is -0.338. The van der Waals surface area contributed by atoms with Gasteiger partial charge < -0.3 is 15.0 Å². The van der Waals surface area contributed by atoms with E-state index in [2.05, 4.69) is 15.3 Å². The van der Waals surface area contributed by atoms with Crippen LogP contribution in [0.3, 0.4) is 0 Å². The number of carbonyl (C=O) groups is 1. The first-order valence-corrected chi connectivity index (χ1v) is 8.11. The van der Waals surface area contributed by atoms with Crippen LogP contribution < -0.4 is 15.0 Å². The molecule has 0 bridgehead atoms. The maximum Gasteiger partial charge on any atom is 0.274 e. The number of aryl methyl sites for hydroxylation is 1. The van der Waals surface area contributed by atoms with Crippen molar-refractivity contribution in [3.8, 4) is 5.75 Å². The summed E-state index contributed by atoms with van der Waals surface area (Å²) in [5, 5.41) is 3.30. The topological polar surface area (TPSA) is 67.4 Å². The minimum absolute atomic E-state index is 0.298. The molecule has 1 aromatic heterocycles. The molecular weight excluding hydrogens is 328 g/mol. The van der Waals surface area contributed by atoms with Gasteiger partial charge in [-0.3, -0.25) is 4.79 Å². The molecule has 1 heterocycles. The Bertz CT molecular complexity index is 733. The average molecular weight is 349 g/mol. The van der Waals surface area contributed by atoms with E-state index < -0.39 is 0 Å². The van der Waals surface area contributed by atoms with E-state index in [9.17, 15) is 4.79 Å². The van der Waals surface area contributed by atoms with Crippen LogP contribution in [0.5, 0.6) is 5.75 Å². The van der Waals surface area contributed by atoms with Crippen LogP contribution in [0.25, 0.3) is 0 Å². The van der Waals surface area contributed by atoms with E-state index in [4.69, 9.17) is 16.3 Å². The third-order valence-corrected chi connectivity index (χ3v) is 3.77. The van der Waals surface area contributed by atoms with Gasteiger partial charge in [-0.15, -0.1) is 0 Å². The van der Waals surface area contributed by atoms with Gasteiger partial charge in [-0.25, -0.2) is 9.97 Å². The maximum absolute atomic E-state index is 12.6. The Hall–Kier alpha value is -2.34. The van der Waals surface area contributed by atoms with E-state index >= 15 is 0 Å². The first kappa shape index (κ1) is 18.0. The second-order valence-corrected chi connectivity index (χ2v) is 5.60. The van der Waals surface area contributed by atoms with Gasteiger partial charge in [-0.2, -0.15) is 0 Å². The van der Waals surface area contributed by atoms with Gasteiger partial charge in [0, 0.05) is 23.8 Å². The van der Waals surface area contributed by atoms with E-state index in [1.165, 1.54) is 7.11 Å². The molecule has 0 fully saturated rings. The zero-order valence-electron chi connectivity index (χ0n) is 14.3. The van der Waals surface area contributed by atoms with Gasteiger partial charge >= 0.3 is 0 Å². The Balaban J connectivity index is 2.32. The molecule has 0 atom stereocenters. The molecule has 0 aliphatic carbocycles. The van der Waals surface area contributed by atoms with E-state index in [1.807, 2.05) is 25.7 Å². The lowest BCUT2D eigenvalue weighted by Crippen LogP contribution is -2.26. The number of benzene rings is 1. The summed E-state index contributed by atoms with van der Waals surface area (Å²) in [5.41, 5.74) is 1.53. The number of anilines is 2. The fraction of sp³-hybridized carbons (Fsp3) is 0.353. The third kappa shape index (κ3) is 4.14. The second kappa shape index (κ2) is 7.97. The molecule has 128 valence electrons. The van der Waals surface area contributed by atoms with Crippen LogP contribution >= 0.6 is 11.6 Å². The molecule has 24 heavy (non-hydrogen) atoms. The van der Waals surface area contributed by atoms with Crippen molar-refractivity contribution in [2.24, 2.45) is 0 Å². The van der Waals surface area contributed by atoms with Gasteiger partial charge in [0.05, 0.1) is 12.8 Å². The van der Waals surface area contributed by atoms with Gasteiger partial charge in [0.25, 0.3) is 5.91 Å². The van der Waals surface area contributed by atoms with Gasteiger partial charge in [0.15, 0.2) is 0 Å². The van der Waals surface area contributed by atoms with Crippen molar-refractivity contribution in [3.05, 3.63) is 40.7 Å². The summed E-state index contributed by atoms with van der Waals surface area (Å²) in [6.45, 7) is 7.41. The van der Waals surface area contributed by atoms with Crippen molar-refractivity contribution in [2.75, 3.05) is 30.4 Å². The average Bonchev–Trinajstić information content (AvgIpc) is 2.55. The largest absolute Gasteiger partial charge is 0.495 e. The van der Waals surface area contributed by atoms with Gasteiger partial charge in [-0.05, 0) is 45.0 Å². The zero-order chi connectivity index (χ0) is 17.7. The van der Waals surface area contributed by atoms with Crippen LogP contribution in [0.2, 0.25) is 5.02 Å². The monoisotopic (exact) mass is 348 g/mol. The third-order valence-electron chi connectivity index (χ3n) is 3.53. The van der Waals surface area contributed by atoms with Gasteiger partial charge in [-0.1, -0.05) is 11.6 Å². The highest BCUT2D eigenvalue weighted by molar-refractivity contribution is 6.31. The van der Waals surface area contributed by atoms with E-state index in [-0.39, 0.29) is 5.91 Å². The molecular formula is C17H21ClN4O2. The fourth-order valence-corrected chi connectivity index (χ4v) is 2.45. The highest BCUT2D eigenvalue weighted by Gasteiger charge is 2.15. The molecule has 0 saturated heterocycles. The van der Waals surface area contributed by atoms with Crippen molar-refractivity contribution < 1.29 is 9.53 Å². The number of nitrogens with zero attached hydrogens (tertiary/aromatic N) is 3. The number of rotatable bonds is 6. The van der Waals surface area contributed by atoms with Crippen molar-refractivity contribution in [1.29, 1.82) is 0 Å². The molecule has 0 saturated carbocycles. The number of aromatic nitrogens is 2. The molecule has 0 aliphatic heterocycles. The van der Waals surface area contributed by atoms with Gasteiger partial charge in [0.2, 0.25) is 5.95 Å². The highest BCUT2D eigenvalue weighted by atomic mass is 35.5. The van der Waals surface area contributed by atoms with Crippen molar-refractivity contribution in [3.63, 3.8) is 0 Å². The molecule has 1 aromatic carbocycles. The summed E-state index contributed by atoms with van der Waals surface area (Å²) >= 11 is 5.99. The molecule has 1 N–H and O–H groups in total. The van der Waals surface area contributed by atoms with Crippen LogP contribution in [0.15, 0.2) is 24.3 Å².